The minimum absolute atomic E-state index is 0.158. The van der Waals surface area contributed by atoms with Crippen LogP contribution in [0, 0.1) is 0 Å². The number of para-hydroxylation sites is 1. The number of benzene rings is 1. The van der Waals surface area contributed by atoms with Crippen LogP contribution < -0.4 is 16.0 Å². The maximum absolute atomic E-state index is 12.3. The van der Waals surface area contributed by atoms with E-state index in [9.17, 15) is 4.79 Å². The Labute approximate surface area is 126 Å². The van der Waals surface area contributed by atoms with Crippen LogP contribution >= 0.6 is 0 Å². The molecule has 1 aliphatic carbocycles. The van der Waals surface area contributed by atoms with Gasteiger partial charge in [0.05, 0.1) is 6.54 Å². The van der Waals surface area contributed by atoms with Crippen LogP contribution in [0.25, 0.3) is 0 Å². The lowest BCUT2D eigenvalue weighted by Crippen LogP contribution is -2.41. The van der Waals surface area contributed by atoms with Crippen LogP contribution in [0.1, 0.15) is 43.6 Å². The fourth-order valence-electron chi connectivity index (χ4n) is 3.70. The first-order valence-corrected chi connectivity index (χ1v) is 8.11. The smallest absolute Gasteiger partial charge is 0.239 e. The first-order chi connectivity index (χ1) is 10.3. The van der Waals surface area contributed by atoms with Gasteiger partial charge in [-0.3, -0.25) is 4.79 Å². The summed E-state index contributed by atoms with van der Waals surface area (Å²) in [5.41, 5.74) is 8.27. The summed E-state index contributed by atoms with van der Waals surface area (Å²) in [5, 5.41) is 3.18. The van der Waals surface area contributed by atoms with Crippen molar-refractivity contribution in [2.45, 2.75) is 44.1 Å². The van der Waals surface area contributed by atoms with Gasteiger partial charge in [0.15, 0.2) is 0 Å². The van der Waals surface area contributed by atoms with Crippen molar-refractivity contribution >= 4 is 11.6 Å². The predicted octanol–water partition coefficient (Wildman–Crippen LogP) is 2.00. The van der Waals surface area contributed by atoms with E-state index < -0.39 is 0 Å². The van der Waals surface area contributed by atoms with Crippen LogP contribution in [-0.4, -0.2) is 31.6 Å². The number of nitrogens with zero attached hydrogens (tertiary/aromatic N) is 1. The molecule has 1 amide bonds. The fourth-order valence-corrected chi connectivity index (χ4v) is 3.70. The molecule has 4 heteroatoms. The summed E-state index contributed by atoms with van der Waals surface area (Å²) in [7, 11) is 0. The molecule has 0 spiro atoms. The summed E-state index contributed by atoms with van der Waals surface area (Å²) < 4.78 is 0. The number of amides is 1. The SMILES string of the molecule is NCCC1CN(CC(=O)NC2CCCC2)c2ccccc21. The van der Waals surface area contributed by atoms with Crippen LogP contribution in [-0.2, 0) is 4.79 Å². The van der Waals surface area contributed by atoms with E-state index in [1.54, 1.807) is 0 Å². The normalized spacial score (nSPS) is 21.6. The highest BCUT2D eigenvalue weighted by Crippen LogP contribution is 2.37. The van der Waals surface area contributed by atoms with Crippen LogP contribution in [0.2, 0.25) is 0 Å². The van der Waals surface area contributed by atoms with E-state index in [-0.39, 0.29) is 5.91 Å². The molecule has 1 fully saturated rings. The van der Waals surface area contributed by atoms with Crippen molar-refractivity contribution in [1.82, 2.24) is 5.32 Å². The summed E-state index contributed by atoms with van der Waals surface area (Å²) >= 11 is 0. The molecule has 1 aromatic rings. The van der Waals surface area contributed by atoms with Crippen molar-refractivity contribution < 1.29 is 4.79 Å². The van der Waals surface area contributed by atoms with Crippen molar-refractivity contribution in [3.05, 3.63) is 29.8 Å². The van der Waals surface area contributed by atoms with E-state index in [4.69, 9.17) is 5.73 Å². The first-order valence-electron chi connectivity index (χ1n) is 8.11. The zero-order valence-corrected chi connectivity index (χ0v) is 12.6. The minimum atomic E-state index is 0.158. The van der Waals surface area contributed by atoms with Crippen molar-refractivity contribution in [1.29, 1.82) is 0 Å². The van der Waals surface area contributed by atoms with Crippen LogP contribution in [0.3, 0.4) is 0 Å². The molecular weight excluding hydrogens is 262 g/mol. The molecular formula is C17H25N3O. The number of carbonyl (C=O) groups excluding carboxylic acids is 1. The van der Waals surface area contributed by atoms with Crippen molar-refractivity contribution in [2.75, 3.05) is 24.5 Å². The Morgan fingerprint density at radius 2 is 2.05 bits per heavy atom. The number of fused-ring (bicyclic) bond motifs is 1. The maximum Gasteiger partial charge on any atom is 0.239 e. The zero-order chi connectivity index (χ0) is 14.7. The zero-order valence-electron chi connectivity index (χ0n) is 12.6. The van der Waals surface area contributed by atoms with Gasteiger partial charge in [0.2, 0.25) is 5.91 Å². The van der Waals surface area contributed by atoms with Crippen molar-refractivity contribution in [3.8, 4) is 0 Å². The molecule has 3 rings (SSSR count). The van der Waals surface area contributed by atoms with Crippen LogP contribution in [0.15, 0.2) is 24.3 Å². The summed E-state index contributed by atoms with van der Waals surface area (Å²) in [5.74, 6) is 0.621. The number of nitrogens with two attached hydrogens (primary N) is 1. The van der Waals surface area contributed by atoms with Gasteiger partial charge < -0.3 is 16.0 Å². The minimum Gasteiger partial charge on any atom is -0.361 e. The standard InChI is InChI=1S/C17H25N3O/c18-10-9-13-11-20(16-8-4-3-7-15(13)16)12-17(21)19-14-5-1-2-6-14/h3-4,7-8,13-14H,1-2,5-6,9-12,18H2,(H,19,21). The Morgan fingerprint density at radius 1 is 1.29 bits per heavy atom. The number of hydrogen-bond acceptors (Lipinski definition) is 3. The lowest BCUT2D eigenvalue weighted by atomic mass is 9.98. The third-order valence-electron chi connectivity index (χ3n) is 4.73. The van der Waals surface area contributed by atoms with Gasteiger partial charge in [-0.15, -0.1) is 0 Å². The lowest BCUT2D eigenvalue weighted by Gasteiger charge is -2.21. The Kier molecular flexibility index (Phi) is 4.44. The molecule has 1 heterocycles. The second-order valence-electron chi connectivity index (χ2n) is 6.26. The second-order valence-corrected chi connectivity index (χ2v) is 6.26. The topological polar surface area (TPSA) is 58.4 Å². The van der Waals surface area contributed by atoms with Gasteiger partial charge in [0.25, 0.3) is 0 Å². The second kappa shape index (κ2) is 6.48. The molecule has 1 atom stereocenters. The van der Waals surface area contributed by atoms with Gasteiger partial charge in [0.1, 0.15) is 0 Å². The van der Waals surface area contributed by atoms with Crippen LogP contribution in [0.4, 0.5) is 5.69 Å². The molecule has 0 radical (unpaired) electrons. The highest BCUT2D eigenvalue weighted by Gasteiger charge is 2.29. The Morgan fingerprint density at radius 3 is 2.81 bits per heavy atom. The van der Waals surface area contributed by atoms with Gasteiger partial charge in [-0.25, -0.2) is 0 Å². The molecule has 3 N–H and O–H groups in total. The van der Waals surface area contributed by atoms with Gasteiger partial charge in [0, 0.05) is 24.2 Å². The molecule has 0 aromatic heterocycles. The van der Waals surface area contributed by atoms with E-state index in [0.29, 0.717) is 25.0 Å². The van der Waals surface area contributed by atoms with Crippen molar-refractivity contribution in [3.63, 3.8) is 0 Å². The largest absolute Gasteiger partial charge is 0.361 e. The third-order valence-corrected chi connectivity index (χ3v) is 4.73. The maximum atomic E-state index is 12.3. The summed E-state index contributed by atoms with van der Waals surface area (Å²) in [6.07, 6.45) is 5.75. The Balaban J connectivity index is 1.64. The van der Waals surface area contributed by atoms with E-state index >= 15 is 0 Å². The molecule has 4 nitrogen and oxygen atoms in total. The van der Waals surface area contributed by atoms with Crippen LogP contribution in [0.5, 0.6) is 0 Å². The van der Waals surface area contributed by atoms with E-state index in [2.05, 4.69) is 28.4 Å². The highest BCUT2D eigenvalue weighted by atomic mass is 16.2. The summed E-state index contributed by atoms with van der Waals surface area (Å²) in [6.45, 7) is 2.07. The highest BCUT2D eigenvalue weighted by molar-refractivity contribution is 5.82. The Bertz CT molecular complexity index is 497. The third kappa shape index (κ3) is 3.21. The molecule has 0 saturated heterocycles. The summed E-state index contributed by atoms with van der Waals surface area (Å²) in [4.78, 5) is 14.5. The van der Waals surface area contributed by atoms with Gasteiger partial charge in [-0.05, 0) is 37.4 Å². The molecule has 1 unspecified atom stereocenters. The number of rotatable bonds is 5. The average molecular weight is 287 g/mol. The lowest BCUT2D eigenvalue weighted by molar-refractivity contribution is -0.120. The van der Waals surface area contributed by atoms with Gasteiger partial charge in [-0.2, -0.15) is 0 Å². The van der Waals surface area contributed by atoms with Gasteiger partial charge in [-0.1, -0.05) is 31.0 Å². The predicted molar refractivity (Wildman–Crippen MR) is 85.5 cm³/mol. The van der Waals surface area contributed by atoms with E-state index in [1.165, 1.54) is 24.1 Å². The fraction of sp³-hybridized carbons (Fsp3) is 0.588. The monoisotopic (exact) mass is 287 g/mol. The molecule has 2 aliphatic rings. The number of nitrogens with one attached hydrogen (secondary N) is 1. The van der Waals surface area contributed by atoms with E-state index in [1.807, 2.05) is 6.07 Å². The van der Waals surface area contributed by atoms with E-state index in [0.717, 1.165) is 25.8 Å². The molecule has 114 valence electrons. The molecule has 1 aliphatic heterocycles. The van der Waals surface area contributed by atoms with Crippen molar-refractivity contribution in [2.24, 2.45) is 5.73 Å². The number of anilines is 1. The molecule has 21 heavy (non-hydrogen) atoms. The average Bonchev–Trinajstić information content (AvgIpc) is 3.09. The summed E-state index contributed by atoms with van der Waals surface area (Å²) in [6, 6.07) is 8.81. The Hall–Kier alpha value is -1.55. The quantitative estimate of drug-likeness (QED) is 0.871. The molecule has 1 aromatic carbocycles. The molecule has 0 bridgehead atoms. The first kappa shape index (κ1) is 14.4. The number of hydrogen-bond donors (Lipinski definition) is 2. The number of carbonyl (C=O) groups is 1. The molecule has 1 saturated carbocycles. The van der Waals surface area contributed by atoms with Gasteiger partial charge >= 0.3 is 0 Å².